The molecular formula is C17H19F2N3O2. The van der Waals surface area contributed by atoms with Gasteiger partial charge in [0.1, 0.15) is 5.75 Å². The molecule has 0 bridgehead atoms. The zero-order chi connectivity index (χ0) is 17.3. The second-order valence-corrected chi connectivity index (χ2v) is 5.97. The quantitative estimate of drug-likeness (QED) is 0.862. The van der Waals surface area contributed by atoms with Gasteiger partial charge in [0.25, 0.3) is 5.91 Å². The Kier molecular flexibility index (Phi) is 4.51. The molecule has 1 fully saturated rings. The molecule has 128 valence electrons. The fraction of sp³-hybridized carbons (Fsp3) is 0.412. The van der Waals surface area contributed by atoms with E-state index in [0.717, 1.165) is 17.8 Å². The molecule has 0 unspecified atom stereocenters. The Bertz CT molecular complexity index is 728. The monoisotopic (exact) mass is 335 g/mol. The Morgan fingerprint density at radius 1 is 1.29 bits per heavy atom. The van der Waals surface area contributed by atoms with Gasteiger partial charge in [-0.3, -0.25) is 9.48 Å². The Labute approximate surface area is 138 Å². The molecule has 1 amide bonds. The zero-order valence-corrected chi connectivity index (χ0v) is 13.6. The van der Waals surface area contributed by atoms with Crippen molar-refractivity contribution >= 4 is 5.91 Å². The fourth-order valence-electron chi connectivity index (χ4n) is 3.10. The SMILES string of the molecule is Cc1cc(C)n([C@@H]2CCN(C(=O)c3ccc(OC(F)F)cc3)C2)n1. The van der Waals surface area contributed by atoms with Gasteiger partial charge < -0.3 is 9.64 Å². The number of nitrogens with zero attached hydrogens (tertiary/aromatic N) is 3. The van der Waals surface area contributed by atoms with E-state index in [1.165, 1.54) is 24.3 Å². The minimum atomic E-state index is -2.87. The molecule has 0 spiro atoms. The molecule has 0 N–H and O–H groups in total. The second kappa shape index (κ2) is 6.59. The number of carbonyl (C=O) groups excluding carboxylic acids is 1. The van der Waals surface area contributed by atoms with Crippen molar-refractivity contribution in [2.24, 2.45) is 0 Å². The van der Waals surface area contributed by atoms with Crippen LogP contribution in [0.1, 0.15) is 34.2 Å². The van der Waals surface area contributed by atoms with Gasteiger partial charge in [-0.1, -0.05) is 0 Å². The number of rotatable bonds is 4. The number of amides is 1. The highest BCUT2D eigenvalue weighted by molar-refractivity contribution is 5.94. The number of ether oxygens (including phenoxy) is 1. The minimum Gasteiger partial charge on any atom is -0.435 e. The summed E-state index contributed by atoms with van der Waals surface area (Å²) in [6.07, 6.45) is 0.847. The zero-order valence-electron chi connectivity index (χ0n) is 13.6. The van der Waals surface area contributed by atoms with Crippen LogP contribution in [0.3, 0.4) is 0 Å². The number of hydrogen-bond acceptors (Lipinski definition) is 3. The maximum Gasteiger partial charge on any atom is 0.387 e. The predicted molar refractivity (Wildman–Crippen MR) is 84.3 cm³/mol. The van der Waals surface area contributed by atoms with Crippen LogP contribution in [0.15, 0.2) is 30.3 Å². The summed E-state index contributed by atoms with van der Waals surface area (Å²) in [6, 6.07) is 7.98. The highest BCUT2D eigenvalue weighted by atomic mass is 19.3. The van der Waals surface area contributed by atoms with Gasteiger partial charge in [-0.05, 0) is 50.6 Å². The molecular weight excluding hydrogens is 316 g/mol. The highest BCUT2D eigenvalue weighted by Crippen LogP contribution is 2.25. The van der Waals surface area contributed by atoms with Crippen molar-refractivity contribution in [2.75, 3.05) is 13.1 Å². The molecule has 1 saturated heterocycles. The Hall–Kier alpha value is -2.44. The number of hydrogen-bond donors (Lipinski definition) is 0. The molecule has 1 aliphatic rings. The van der Waals surface area contributed by atoms with E-state index in [4.69, 9.17) is 0 Å². The van der Waals surface area contributed by atoms with Gasteiger partial charge in [0.05, 0.1) is 11.7 Å². The minimum absolute atomic E-state index is 0.0449. The van der Waals surface area contributed by atoms with E-state index in [1.54, 1.807) is 4.90 Å². The van der Waals surface area contributed by atoms with Crippen molar-refractivity contribution in [1.82, 2.24) is 14.7 Å². The molecule has 3 rings (SSSR count). The average Bonchev–Trinajstić information content (AvgIpc) is 3.13. The summed E-state index contributed by atoms with van der Waals surface area (Å²) in [4.78, 5) is 14.3. The summed E-state index contributed by atoms with van der Waals surface area (Å²) in [7, 11) is 0. The largest absolute Gasteiger partial charge is 0.435 e. The smallest absolute Gasteiger partial charge is 0.387 e. The molecule has 0 radical (unpaired) electrons. The molecule has 2 heterocycles. The lowest BCUT2D eigenvalue weighted by molar-refractivity contribution is -0.0498. The van der Waals surface area contributed by atoms with E-state index < -0.39 is 6.61 Å². The van der Waals surface area contributed by atoms with Gasteiger partial charge >= 0.3 is 6.61 Å². The van der Waals surface area contributed by atoms with Crippen LogP contribution in [0, 0.1) is 13.8 Å². The number of carbonyl (C=O) groups is 1. The average molecular weight is 335 g/mol. The molecule has 5 nitrogen and oxygen atoms in total. The molecule has 1 atom stereocenters. The van der Waals surface area contributed by atoms with E-state index in [9.17, 15) is 13.6 Å². The van der Waals surface area contributed by atoms with Crippen molar-refractivity contribution in [3.05, 3.63) is 47.3 Å². The lowest BCUT2D eigenvalue weighted by Gasteiger charge is -2.17. The molecule has 1 aromatic heterocycles. The first kappa shape index (κ1) is 16.4. The van der Waals surface area contributed by atoms with Crippen molar-refractivity contribution in [1.29, 1.82) is 0 Å². The first-order valence-electron chi connectivity index (χ1n) is 7.81. The normalized spacial score (nSPS) is 17.5. The van der Waals surface area contributed by atoms with Crippen LogP contribution in [0.4, 0.5) is 8.78 Å². The maximum absolute atomic E-state index is 12.6. The first-order chi connectivity index (χ1) is 11.4. The first-order valence-corrected chi connectivity index (χ1v) is 7.81. The van der Waals surface area contributed by atoms with Crippen LogP contribution in [-0.2, 0) is 0 Å². The van der Waals surface area contributed by atoms with Crippen LogP contribution in [-0.4, -0.2) is 40.3 Å². The number of alkyl halides is 2. The lowest BCUT2D eigenvalue weighted by atomic mass is 10.2. The summed E-state index contributed by atoms with van der Waals surface area (Å²) in [5.41, 5.74) is 2.51. The van der Waals surface area contributed by atoms with Crippen LogP contribution < -0.4 is 4.74 Å². The third-order valence-corrected chi connectivity index (χ3v) is 4.17. The standard InChI is InChI=1S/C17H19F2N3O2/c1-11-9-12(2)22(20-11)14-7-8-21(10-14)16(23)13-3-5-15(6-4-13)24-17(18)19/h3-6,9,14,17H,7-8,10H2,1-2H3/t14-/m1/s1. The highest BCUT2D eigenvalue weighted by Gasteiger charge is 2.29. The molecule has 24 heavy (non-hydrogen) atoms. The van der Waals surface area contributed by atoms with Gasteiger partial charge in [-0.15, -0.1) is 0 Å². The molecule has 0 aliphatic carbocycles. The van der Waals surface area contributed by atoms with Gasteiger partial charge in [0.15, 0.2) is 0 Å². The number of benzene rings is 1. The third kappa shape index (κ3) is 3.39. The Morgan fingerprint density at radius 3 is 2.58 bits per heavy atom. The molecule has 2 aromatic rings. The van der Waals surface area contributed by atoms with Crippen molar-refractivity contribution in [3.63, 3.8) is 0 Å². The number of aryl methyl sites for hydroxylation is 2. The van der Waals surface area contributed by atoms with Crippen molar-refractivity contribution in [2.45, 2.75) is 32.9 Å². The van der Waals surface area contributed by atoms with Crippen LogP contribution in [0.2, 0.25) is 0 Å². The topological polar surface area (TPSA) is 47.4 Å². The van der Waals surface area contributed by atoms with E-state index >= 15 is 0 Å². The number of likely N-dealkylation sites (tertiary alicyclic amines) is 1. The van der Waals surface area contributed by atoms with Gasteiger partial charge in [-0.2, -0.15) is 13.9 Å². The van der Waals surface area contributed by atoms with Gasteiger partial charge in [-0.25, -0.2) is 0 Å². The van der Waals surface area contributed by atoms with E-state index in [-0.39, 0.29) is 17.7 Å². The van der Waals surface area contributed by atoms with Crippen LogP contribution in [0.25, 0.3) is 0 Å². The molecule has 1 aromatic carbocycles. The van der Waals surface area contributed by atoms with Crippen LogP contribution in [0.5, 0.6) is 5.75 Å². The summed E-state index contributed by atoms with van der Waals surface area (Å²) < 4.78 is 30.6. The maximum atomic E-state index is 12.6. The molecule has 7 heteroatoms. The number of halogens is 2. The van der Waals surface area contributed by atoms with E-state index in [1.807, 2.05) is 24.6 Å². The Morgan fingerprint density at radius 2 is 2.00 bits per heavy atom. The summed E-state index contributed by atoms with van der Waals surface area (Å²) in [5.74, 6) is -0.0638. The Balaban J connectivity index is 1.67. The second-order valence-electron chi connectivity index (χ2n) is 5.97. The number of aromatic nitrogens is 2. The lowest BCUT2D eigenvalue weighted by Crippen LogP contribution is -2.29. The molecule has 0 saturated carbocycles. The van der Waals surface area contributed by atoms with E-state index in [2.05, 4.69) is 9.84 Å². The van der Waals surface area contributed by atoms with Gasteiger partial charge in [0.2, 0.25) is 0 Å². The van der Waals surface area contributed by atoms with E-state index in [0.29, 0.717) is 18.7 Å². The van der Waals surface area contributed by atoms with Gasteiger partial charge in [0, 0.05) is 24.3 Å². The third-order valence-electron chi connectivity index (χ3n) is 4.17. The van der Waals surface area contributed by atoms with Crippen molar-refractivity contribution < 1.29 is 18.3 Å². The summed E-state index contributed by atoms with van der Waals surface area (Å²) >= 11 is 0. The fourth-order valence-corrected chi connectivity index (χ4v) is 3.10. The van der Waals surface area contributed by atoms with Crippen molar-refractivity contribution in [3.8, 4) is 5.75 Å². The summed E-state index contributed by atoms with van der Waals surface area (Å²) in [5, 5.41) is 4.49. The molecule has 1 aliphatic heterocycles. The van der Waals surface area contributed by atoms with Crippen LogP contribution >= 0.6 is 0 Å². The predicted octanol–water partition coefficient (Wildman–Crippen LogP) is 3.19. The summed E-state index contributed by atoms with van der Waals surface area (Å²) in [6.45, 7) is 2.33.